The topological polar surface area (TPSA) is 0 Å². The summed E-state index contributed by atoms with van der Waals surface area (Å²) in [5.74, 6) is 0. The quantitative estimate of drug-likeness (QED) is 0.676. The van der Waals surface area contributed by atoms with Crippen LogP contribution in [0.15, 0.2) is 66.7 Å². The van der Waals surface area contributed by atoms with Crippen LogP contribution in [-0.2, 0) is 0 Å². The molecule has 2 rings (SSSR count). The van der Waals surface area contributed by atoms with Gasteiger partial charge in [0.05, 0.1) is 0 Å². The second-order valence-corrected chi connectivity index (χ2v) is 5.03. The molecule has 0 saturated carbocycles. The molecular weight excluding hydrogens is 272 g/mol. The van der Waals surface area contributed by atoms with Gasteiger partial charge in [-0.3, -0.25) is 0 Å². The van der Waals surface area contributed by atoms with Crippen molar-refractivity contribution in [2.24, 2.45) is 0 Å². The number of hydrogen-bond donors (Lipinski definition) is 0. The molecule has 0 amide bonds. The summed E-state index contributed by atoms with van der Waals surface area (Å²) in [5.41, 5.74) is 2.57. The standard InChI is InChI=1S/C16H15Br/c17-16(15-11-5-2-6-12-15)13-7-10-14-8-3-1-4-9-14/h1-12,16H,13H2. The van der Waals surface area contributed by atoms with E-state index in [1.165, 1.54) is 11.1 Å². The van der Waals surface area contributed by atoms with Crippen molar-refractivity contribution < 1.29 is 0 Å². The van der Waals surface area contributed by atoms with E-state index in [2.05, 4.69) is 76.6 Å². The van der Waals surface area contributed by atoms with Crippen LogP contribution in [0.4, 0.5) is 0 Å². The highest BCUT2D eigenvalue weighted by Crippen LogP contribution is 2.26. The van der Waals surface area contributed by atoms with E-state index in [0.717, 1.165) is 6.42 Å². The van der Waals surface area contributed by atoms with E-state index in [4.69, 9.17) is 0 Å². The van der Waals surface area contributed by atoms with E-state index in [1.54, 1.807) is 0 Å². The summed E-state index contributed by atoms with van der Waals surface area (Å²) in [7, 11) is 0. The first kappa shape index (κ1) is 12.1. The molecule has 0 saturated heterocycles. The van der Waals surface area contributed by atoms with Gasteiger partial charge in [0.1, 0.15) is 0 Å². The SMILES string of the molecule is BrC(CC=Cc1ccccc1)c1ccccc1. The van der Waals surface area contributed by atoms with E-state index in [-0.39, 0.29) is 0 Å². The Morgan fingerprint density at radius 3 is 2.12 bits per heavy atom. The minimum atomic E-state index is 0.392. The van der Waals surface area contributed by atoms with Gasteiger partial charge in [-0.25, -0.2) is 0 Å². The lowest BCUT2D eigenvalue weighted by Crippen LogP contribution is -1.86. The smallest absolute Gasteiger partial charge is 0.0429 e. The fourth-order valence-electron chi connectivity index (χ4n) is 1.69. The first-order valence-electron chi connectivity index (χ1n) is 5.77. The summed E-state index contributed by atoms with van der Waals surface area (Å²) >= 11 is 3.71. The molecule has 0 spiro atoms. The first-order valence-corrected chi connectivity index (χ1v) is 6.68. The lowest BCUT2D eigenvalue weighted by atomic mass is 10.1. The predicted octanol–water partition coefficient (Wildman–Crippen LogP) is 5.23. The minimum Gasteiger partial charge on any atom is -0.0835 e. The largest absolute Gasteiger partial charge is 0.0835 e. The Bertz CT molecular complexity index is 459. The summed E-state index contributed by atoms with van der Waals surface area (Å²) in [6, 6.07) is 20.9. The molecule has 86 valence electrons. The van der Waals surface area contributed by atoms with Crippen molar-refractivity contribution in [2.75, 3.05) is 0 Å². The Morgan fingerprint density at radius 2 is 1.47 bits per heavy atom. The number of benzene rings is 2. The number of hydrogen-bond acceptors (Lipinski definition) is 0. The van der Waals surface area contributed by atoms with Gasteiger partial charge in [0.25, 0.3) is 0 Å². The van der Waals surface area contributed by atoms with Gasteiger partial charge in [0.15, 0.2) is 0 Å². The molecule has 0 aliphatic heterocycles. The summed E-state index contributed by atoms with van der Waals surface area (Å²) < 4.78 is 0. The normalized spacial score (nSPS) is 12.8. The highest BCUT2D eigenvalue weighted by Gasteiger charge is 2.03. The lowest BCUT2D eigenvalue weighted by Gasteiger charge is -2.06. The Kier molecular flexibility index (Phi) is 4.57. The number of allylic oxidation sites excluding steroid dienone is 1. The van der Waals surface area contributed by atoms with Gasteiger partial charge in [0.2, 0.25) is 0 Å². The monoisotopic (exact) mass is 286 g/mol. The molecule has 2 aromatic rings. The average Bonchev–Trinajstić information content (AvgIpc) is 2.41. The Hall–Kier alpha value is -1.34. The van der Waals surface area contributed by atoms with Gasteiger partial charge in [-0.2, -0.15) is 0 Å². The molecule has 0 radical (unpaired) electrons. The van der Waals surface area contributed by atoms with Crippen molar-refractivity contribution >= 4 is 22.0 Å². The molecule has 0 aromatic heterocycles. The third-order valence-corrected chi connectivity index (χ3v) is 3.52. The second-order valence-electron chi connectivity index (χ2n) is 3.93. The molecule has 0 aliphatic carbocycles. The molecule has 0 fully saturated rings. The van der Waals surface area contributed by atoms with Crippen LogP contribution in [0.2, 0.25) is 0 Å². The van der Waals surface area contributed by atoms with Gasteiger partial charge in [0, 0.05) is 4.83 Å². The zero-order valence-corrected chi connectivity index (χ0v) is 11.2. The van der Waals surface area contributed by atoms with Crippen LogP contribution in [0.25, 0.3) is 6.08 Å². The molecule has 1 atom stereocenters. The summed E-state index contributed by atoms with van der Waals surface area (Å²) in [6.45, 7) is 0. The van der Waals surface area contributed by atoms with E-state index in [9.17, 15) is 0 Å². The zero-order valence-electron chi connectivity index (χ0n) is 9.59. The van der Waals surface area contributed by atoms with Crippen molar-refractivity contribution in [3.8, 4) is 0 Å². The molecular formula is C16H15Br. The molecule has 0 nitrogen and oxygen atoms in total. The number of alkyl halides is 1. The Labute approximate surface area is 111 Å². The summed E-state index contributed by atoms with van der Waals surface area (Å²) in [6.07, 6.45) is 5.37. The molecule has 2 aromatic carbocycles. The van der Waals surface area contributed by atoms with E-state index in [1.807, 2.05) is 12.1 Å². The fourth-order valence-corrected chi connectivity index (χ4v) is 2.21. The summed E-state index contributed by atoms with van der Waals surface area (Å²) in [4.78, 5) is 0.392. The number of rotatable bonds is 4. The lowest BCUT2D eigenvalue weighted by molar-refractivity contribution is 0.993. The van der Waals surface area contributed by atoms with E-state index < -0.39 is 0 Å². The van der Waals surface area contributed by atoms with Crippen molar-refractivity contribution in [3.63, 3.8) is 0 Å². The van der Waals surface area contributed by atoms with Gasteiger partial charge >= 0.3 is 0 Å². The van der Waals surface area contributed by atoms with Crippen LogP contribution in [-0.4, -0.2) is 0 Å². The fraction of sp³-hybridized carbons (Fsp3) is 0.125. The molecule has 17 heavy (non-hydrogen) atoms. The maximum Gasteiger partial charge on any atom is 0.0429 e. The third kappa shape index (κ3) is 3.86. The van der Waals surface area contributed by atoms with Gasteiger partial charge < -0.3 is 0 Å². The Balaban J connectivity index is 1.93. The van der Waals surface area contributed by atoms with Crippen molar-refractivity contribution in [3.05, 3.63) is 77.9 Å². The van der Waals surface area contributed by atoms with Gasteiger partial charge in [-0.1, -0.05) is 88.7 Å². The van der Waals surface area contributed by atoms with Crippen LogP contribution in [0.3, 0.4) is 0 Å². The minimum absolute atomic E-state index is 0.392. The van der Waals surface area contributed by atoms with Crippen LogP contribution >= 0.6 is 15.9 Å². The van der Waals surface area contributed by atoms with Crippen LogP contribution in [0, 0.1) is 0 Å². The number of halogens is 1. The second kappa shape index (κ2) is 6.41. The maximum absolute atomic E-state index is 3.71. The third-order valence-electron chi connectivity index (χ3n) is 2.61. The molecule has 0 bridgehead atoms. The summed E-state index contributed by atoms with van der Waals surface area (Å²) in [5, 5.41) is 0. The van der Waals surface area contributed by atoms with E-state index >= 15 is 0 Å². The van der Waals surface area contributed by atoms with E-state index in [0.29, 0.717) is 4.83 Å². The van der Waals surface area contributed by atoms with Crippen molar-refractivity contribution in [2.45, 2.75) is 11.2 Å². The van der Waals surface area contributed by atoms with Gasteiger partial charge in [-0.05, 0) is 17.5 Å². The Morgan fingerprint density at radius 1 is 0.882 bits per heavy atom. The maximum atomic E-state index is 3.71. The van der Waals surface area contributed by atoms with Crippen LogP contribution in [0.1, 0.15) is 22.4 Å². The highest BCUT2D eigenvalue weighted by molar-refractivity contribution is 9.09. The molecule has 1 heteroatoms. The molecule has 0 aliphatic rings. The predicted molar refractivity (Wildman–Crippen MR) is 78.2 cm³/mol. The zero-order chi connectivity index (χ0) is 11.9. The van der Waals surface area contributed by atoms with Crippen molar-refractivity contribution in [1.82, 2.24) is 0 Å². The average molecular weight is 287 g/mol. The molecule has 1 unspecified atom stereocenters. The molecule has 0 heterocycles. The van der Waals surface area contributed by atoms with Crippen LogP contribution < -0.4 is 0 Å². The first-order chi connectivity index (χ1) is 8.36. The molecule has 0 N–H and O–H groups in total. The van der Waals surface area contributed by atoms with Gasteiger partial charge in [-0.15, -0.1) is 0 Å². The van der Waals surface area contributed by atoms with Crippen LogP contribution in [0.5, 0.6) is 0 Å². The van der Waals surface area contributed by atoms with Crippen molar-refractivity contribution in [1.29, 1.82) is 0 Å². The highest BCUT2D eigenvalue weighted by atomic mass is 79.9.